The molecule has 0 aromatic heterocycles. The highest BCUT2D eigenvalue weighted by Crippen LogP contribution is 2.39. The highest BCUT2D eigenvalue weighted by Gasteiger charge is 2.44. The van der Waals surface area contributed by atoms with Gasteiger partial charge in [-0.2, -0.15) is 0 Å². The van der Waals surface area contributed by atoms with Crippen LogP contribution in [-0.2, 0) is 14.4 Å². The normalized spacial score (nSPS) is 26.9. The van der Waals surface area contributed by atoms with Crippen molar-refractivity contribution in [1.29, 1.82) is 0 Å². The standard InChI is InChI=1S/C20H33N3O3/c1-16(2)7-13-22-14-20(9-6-17(22)24)8-5-12-23(15-20)19(26)18(25)21-10-3-4-11-21/h16H,3-15H2,1-2H3. The van der Waals surface area contributed by atoms with E-state index in [9.17, 15) is 14.4 Å². The van der Waals surface area contributed by atoms with Crippen LogP contribution in [0, 0.1) is 11.3 Å². The van der Waals surface area contributed by atoms with Crippen LogP contribution in [0.1, 0.15) is 58.8 Å². The van der Waals surface area contributed by atoms with Gasteiger partial charge in [-0.25, -0.2) is 0 Å². The Balaban J connectivity index is 1.63. The highest BCUT2D eigenvalue weighted by molar-refractivity contribution is 6.35. The summed E-state index contributed by atoms with van der Waals surface area (Å²) in [5.74, 6) is 0.149. The Hall–Kier alpha value is -1.59. The first-order chi connectivity index (χ1) is 12.4. The second-order valence-electron chi connectivity index (χ2n) is 8.83. The van der Waals surface area contributed by atoms with E-state index >= 15 is 0 Å². The minimum absolute atomic E-state index is 0.0237. The number of rotatable bonds is 3. The molecule has 3 rings (SSSR count). The van der Waals surface area contributed by atoms with Crippen molar-refractivity contribution in [2.24, 2.45) is 11.3 Å². The Kier molecular flexibility index (Phi) is 5.88. The molecule has 3 aliphatic rings. The van der Waals surface area contributed by atoms with Gasteiger partial charge in [0, 0.05) is 51.1 Å². The summed E-state index contributed by atoms with van der Waals surface area (Å²) in [6.07, 6.45) is 6.38. The molecule has 6 nitrogen and oxygen atoms in total. The van der Waals surface area contributed by atoms with Gasteiger partial charge >= 0.3 is 11.8 Å². The van der Waals surface area contributed by atoms with E-state index in [1.165, 1.54) is 0 Å². The van der Waals surface area contributed by atoms with Gasteiger partial charge in [0.1, 0.15) is 0 Å². The summed E-state index contributed by atoms with van der Waals surface area (Å²) in [5.41, 5.74) is -0.0237. The summed E-state index contributed by atoms with van der Waals surface area (Å²) in [4.78, 5) is 43.0. The van der Waals surface area contributed by atoms with Gasteiger partial charge in [-0.3, -0.25) is 14.4 Å². The number of hydrogen-bond acceptors (Lipinski definition) is 3. The molecular weight excluding hydrogens is 330 g/mol. The monoisotopic (exact) mass is 363 g/mol. The fourth-order valence-electron chi connectivity index (χ4n) is 4.63. The molecule has 1 atom stereocenters. The third-order valence-corrected chi connectivity index (χ3v) is 6.25. The summed E-state index contributed by atoms with van der Waals surface area (Å²) in [6, 6.07) is 0. The summed E-state index contributed by atoms with van der Waals surface area (Å²) < 4.78 is 0. The first kappa shape index (κ1) is 19.2. The Morgan fingerprint density at radius 3 is 2.31 bits per heavy atom. The number of likely N-dealkylation sites (tertiary alicyclic amines) is 3. The Bertz CT molecular complexity index is 557. The van der Waals surface area contributed by atoms with Crippen molar-refractivity contribution in [2.45, 2.75) is 58.8 Å². The Morgan fingerprint density at radius 2 is 1.62 bits per heavy atom. The SMILES string of the molecule is CC(C)CCN1CC2(CCCN(C(=O)C(=O)N3CCCC3)C2)CCC1=O. The molecule has 0 saturated carbocycles. The quantitative estimate of drug-likeness (QED) is 0.720. The van der Waals surface area contributed by atoms with E-state index in [0.717, 1.165) is 51.6 Å². The van der Waals surface area contributed by atoms with Gasteiger partial charge in [0.25, 0.3) is 0 Å². The van der Waals surface area contributed by atoms with Gasteiger partial charge in [0.15, 0.2) is 0 Å². The molecule has 1 spiro atoms. The van der Waals surface area contributed by atoms with E-state index < -0.39 is 0 Å². The van der Waals surface area contributed by atoms with Gasteiger partial charge < -0.3 is 14.7 Å². The summed E-state index contributed by atoms with van der Waals surface area (Å²) in [7, 11) is 0. The van der Waals surface area contributed by atoms with Crippen molar-refractivity contribution in [3.63, 3.8) is 0 Å². The predicted molar refractivity (Wildman–Crippen MR) is 99.3 cm³/mol. The first-order valence-electron chi connectivity index (χ1n) is 10.3. The zero-order valence-electron chi connectivity index (χ0n) is 16.3. The summed E-state index contributed by atoms with van der Waals surface area (Å²) in [5, 5.41) is 0. The minimum atomic E-state index is -0.336. The molecule has 0 N–H and O–H groups in total. The van der Waals surface area contributed by atoms with Crippen molar-refractivity contribution < 1.29 is 14.4 Å². The van der Waals surface area contributed by atoms with Crippen LogP contribution in [0.15, 0.2) is 0 Å². The molecule has 3 heterocycles. The predicted octanol–water partition coefficient (Wildman–Crippen LogP) is 1.89. The largest absolute Gasteiger partial charge is 0.342 e. The summed E-state index contributed by atoms with van der Waals surface area (Å²) in [6.45, 7) is 8.60. The van der Waals surface area contributed by atoms with Crippen LogP contribution in [0.3, 0.4) is 0 Å². The second-order valence-corrected chi connectivity index (χ2v) is 8.83. The lowest BCUT2D eigenvalue weighted by Gasteiger charge is -2.48. The summed E-state index contributed by atoms with van der Waals surface area (Å²) >= 11 is 0. The molecule has 146 valence electrons. The zero-order valence-corrected chi connectivity index (χ0v) is 16.3. The van der Waals surface area contributed by atoms with E-state index in [-0.39, 0.29) is 23.1 Å². The van der Waals surface area contributed by atoms with Crippen LogP contribution >= 0.6 is 0 Å². The van der Waals surface area contributed by atoms with Crippen molar-refractivity contribution in [3.8, 4) is 0 Å². The van der Waals surface area contributed by atoms with Crippen molar-refractivity contribution in [3.05, 3.63) is 0 Å². The average Bonchev–Trinajstić information content (AvgIpc) is 3.16. The fourth-order valence-corrected chi connectivity index (χ4v) is 4.63. The molecule has 6 heteroatoms. The van der Waals surface area contributed by atoms with Gasteiger partial charge in [-0.05, 0) is 44.4 Å². The molecule has 1 unspecified atom stereocenters. The van der Waals surface area contributed by atoms with Crippen LogP contribution in [0.25, 0.3) is 0 Å². The number of piperidine rings is 2. The number of carbonyl (C=O) groups excluding carboxylic acids is 3. The van der Waals surface area contributed by atoms with E-state index in [2.05, 4.69) is 13.8 Å². The fraction of sp³-hybridized carbons (Fsp3) is 0.850. The smallest absolute Gasteiger partial charge is 0.312 e. The minimum Gasteiger partial charge on any atom is -0.342 e. The van der Waals surface area contributed by atoms with Crippen LogP contribution in [0.2, 0.25) is 0 Å². The zero-order chi connectivity index (χ0) is 18.7. The third-order valence-electron chi connectivity index (χ3n) is 6.25. The molecule has 0 aromatic carbocycles. The molecule has 3 amide bonds. The number of amides is 3. The van der Waals surface area contributed by atoms with E-state index in [1.807, 2.05) is 4.90 Å². The molecule has 3 aliphatic heterocycles. The topological polar surface area (TPSA) is 60.9 Å². The van der Waals surface area contributed by atoms with E-state index in [4.69, 9.17) is 0 Å². The first-order valence-corrected chi connectivity index (χ1v) is 10.3. The van der Waals surface area contributed by atoms with Crippen LogP contribution in [-0.4, -0.2) is 71.7 Å². The number of nitrogens with zero attached hydrogens (tertiary/aromatic N) is 3. The second kappa shape index (κ2) is 7.97. The van der Waals surface area contributed by atoms with E-state index in [1.54, 1.807) is 9.80 Å². The Labute approximate surface area is 156 Å². The van der Waals surface area contributed by atoms with Gasteiger partial charge in [0.2, 0.25) is 5.91 Å². The Morgan fingerprint density at radius 1 is 0.962 bits per heavy atom. The maximum atomic E-state index is 12.7. The lowest BCUT2D eigenvalue weighted by Crippen LogP contribution is -2.57. The van der Waals surface area contributed by atoms with Crippen LogP contribution in [0.4, 0.5) is 0 Å². The van der Waals surface area contributed by atoms with Crippen LogP contribution < -0.4 is 0 Å². The van der Waals surface area contributed by atoms with E-state index in [0.29, 0.717) is 38.5 Å². The molecule has 3 fully saturated rings. The number of carbonyl (C=O) groups is 3. The van der Waals surface area contributed by atoms with Gasteiger partial charge in [-0.15, -0.1) is 0 Å². The molecule has 3 saturated heterocycles. The lowest BCUT2D eigenvalue weighted by molar-refractivity contribution is -0.155. The van der Waals surface area contributed by atoms with Crippen molar-refractivity contribution in [2.75, 3.05) is 39.3 Å². The molecule has 0 radical (unpaired) electrons. The lowest BCUT2D eigenvalue weighted by atomic mass is 9.73. The molecule has 0 bridgehead atoms. The van der Waals surface area contributed by atoms with Crippen LogP contribution in [0.5, 0.6) is 0 Å². The van der Waals surface area contributed by atoms with Crippen molar-refractivity contribution >= 4 is 17.7 Å². The third kappa shape index (κ3) is 4.21. The maximum absolute atomic E-state index is 12.7. The van der Waals surface area contributed by atoms with Crippen molar-refractivity contribution in [1.82, 2.24) is 14.7 Å². The molecule has 0 aromatic rings. The average molecular weight is 364 g/mol. The number of hydrogen-bond donors (Lipinski definition) is 0. The highest BCUT2D eigenvalue weighted by atomic mass is 16.2. The maximum Gasteiger partial charge on any atom is 0.312 e. The van der Waals surface area contributed by atoms with Gasteiger partial charge in [0.05, 0.1) is 0 Å². The molecular formula is C20H33N3O3. The molecule has 0 aliphatic carbocycles. The van der Waals surface area contributed by atoms with Gasteiger partial charge in [-0.1, -0.05) is 13.8 Å². The molecule has 26 heavy (non-hydrogen) atoms.